The van der Waals surface area contributed by atoms with Crippen molar-refractivity contribution >= 4 is 40.0 Å². The summed E-state index contributed by atoms with van der Waals surface area (Å²) in [5.74, 6) is 0.0577. The van der Waals surface area contributed by atoms with Crippen molar-refractivity contribution in [1.29, 1.82) is 0 Å². The number of ketones is 1. The van der Waals surface area contributed by atoms with Crippen molar-refractivity contribution in [1.82, 2.24) is 9.55 Å². The minimum absolute atomic E-state index is 0.0577. The third-order valence-electron chi connectivity index (χ3n) is 3.27. The van der Waals surface area contributed by atoms with Crippen molar-refractivity contribution in [3.8, 4) is 0 Å². The van der Waals surface area contributed by atoms with Crippen LogP contribution < -0.4 is 0 Å². The van der Waals surface area contributed by atoms with Crippen LogP contribution in [0.3, 0.4) is 0 Å². The molecule has 3 nitrogen and oxygen atoms in total. The van der Waals surface area contributed by atoms with Gasteiger partial charge in [-0.15, -0.1) is 0 Å². The van der Waals surface area contributed by atoms with Gasteiger partial charge < -0.3 is 4.57 Å². The molecule has 0 bridgehead atoms. The molecule has 0 radical (unpaired) electrons. The molecule has 0 aliphatic rings. The van der Waals surface area contributed by atoms with Gasteiger partial charge in [0.05, 0.1) is 23.9 Å². The van der Waals surface area contributed by atoms with E-state index < -0.39 is 0 Å². The molecule has 0 spiro atoms. The van der Waals surface area contributed by atoms with E-state index in [2.05, 4.69) is 4.98 Å². The van der Waals surface area contributed by atoms with Crippen molar-refractivity contribution in [2.75, 3.05) is 0 Å². The number of rotatable bonds is 4. The number of hydrogen-bond donors (Lipinski definition) is 0. The lowest BCUT2D eigenvalue weighted by Gasteiger charge is -2.06. The molecule has 1 heterocycles. The maximum Gasteiger partial charge on any atom is 0.156 e. The zero-order valence-corrected chi connectivity index (χ0v) is 12.6. The maximum absolute atomic E-state index is 12.2. The smallest absolute Gasteiger partial charge is 0.156 e. The van der Waals surface area contributed by atoms with Crippen LogP contribution in [0.2, 0.25) is 10.0 Å². The van der Waals surface area contributed by atoms with Crippen molar-refractivity contribution in [2.24, 2.45) is 0 Å². The first-order valence-corrected chi connectivity index (χ1v) is 7.24. The van der Waals surface area contributed by atoms with Crippen molar-refractivity contribution in [3.63, 3.8) is 0 Å². The third-order valence-corrected chi connectivity index (χ3v) is 3.87. The molecule has 0 fully saturated rings. The summed E-state index contributed by atoms with van der Waals surface area (Å²) >= 11 is 12.0. The number of carbonyl (C=O) groups excluding carboxylic acids is 1. The molecule has 0 atom stereocenters. The average molecular weight is 319 g/mol. The van der Waals surface area contributed by atoms with Crippen molar-refractivity contribution in [2.45, 2.75) is 13.0 Å². The molecule has 5 heteroatoms. The minimum Gasteiger partial charge on any atom is -0.323 e. The molecule has 0 amide bonds. The summed E-state index contributed by atoms with van der Waals surface area (Å²) in [5.41, 5.74) is 2.58. The Labute approximate surface area is 132 Å². The fraction of sp³-hybridized carbons (Fsp3) is 0.125. The van der Waals surface area contributed by atoms with E-state index in [0.717, 1.165) is 16.6 Å². The molecule has 21 heavy (non-hydrogen) atoms. The number of halogens is 2. The van der Waals surface area contributed by atoms with E-state index in [1.807, 2.05) is 28.8 Å². The fourth-order valence-electron chi connectivity index (χ4n) is 2.27. The number of nitrogens with zero attached hydrogens (tertiary/aromatic N) is 2. The number of hydrogen-bond acceptors (Lipinski definition) is 2. The average Bonchev–Trinajstić information content (AvgIpc) is 2.86. The van der Waals surface area contributed by atoms with Gasteiger partial charge in [0.2, 0.25) is 0 Å². The highest BCUT2D eigenvalue weighted by Gasteiger charge is 2.10. The Morgan fingerprint density at radius 3 is 2.81 bits per heavy atom. The van der Waals surface area contributed by atoms with Gasteiger partial charge in [0.15, 0.2) is 5.78 Å². The van der Waals surface area contributed by atoms with E-state index in [0.29, 0.717) is 10.0 Å². The fourth-order valence-corrected chi connectivity index (χ4v) is 2.65. The maximum atomic E-state index is 12.2. The first-order valence-electron chi connectivity index (χ1n) is 6.49. The number of para-hydroxylation sites is 2. The van der Waals surface area contributed by atoms with Gasteiger partial charge in [-0.05, 0) is 35.9 Å². The summed E-state index contributed by atoms with van der Waals surface area (Å²) in [5, 5.41) is 1.14. The van der Waals surface area contributed by atoms with Gasteiger partial charge in [-0.1, -0.05) is 35.3 Å². The van der Waals surface area contributed by atoms with Crippen LogP contribution in [0.5, 0.6) is 0 Å². The number of imidazole rings is 1. The van der Waals surface area contributed by atoms with E-state index in [1.165, 1.54) is 0 Å². The quantitative estimate of drug-likeness (QED) is 0.724. The summed E-state index contributed by atoms with van der Waals surface area (Å²) in [6.45, 7) is 0.267. The molecule has 3 aromatic rings. The van der Waals surface area contributed by atoms with Gasteiger partial charge in [0.1, 0.15) is 0 Å². The van der Waals surface area contributed by atoms with Crippen LogP contribution in [-0.2, 0) is 17.8 Å². The van der Waals surface area contributed by atoms with E-state index in [-0.39, 0.29) is 18.7 Å². The van der Waals surface area contributed by atoms with Gasteiger partial charge in [-0.3, -0.25) is 4.79 Å². The first kappa shape index (κ1) is 14.1. The van der Waals surface area contributed by atoms with Crippen LogP contribution in [-0.4, -0.2) is 15.3 Å². The zero-order chi connectivity index (χ0) is 14.8. The zero-order valence-electron chi connectivity index (χ0n) is 11.1. The van der Waals surface area contributed by atoms with Crippen LogP contribution in [0.4, 0.5) is 0 Å². The molecule has 3 rings (SSSR count). The molecule has 0 unspecified atom stereocenters. The molecular weight excluding hydrogens is 307 g/mol. The molecule has 106 valence electrons. The number of Topliss-reactive ketones (excluding diaryl/α,β-unsaturated/α-hetero) is 1. The Kier molecular flexibility index (Phi) is 3.95. The van der Waals surface area contributed by atoms with Gasteiger partial charge in [0, 0.05) is 16.5 Å². The molecule has 1 aromatic heterocycles. The number of fused-ring (bicyclic) bond motifs is 1. The van der Waals surface area contributed by atoms with E-state index in [4.69, 9.17) is 23.2 Å². The van der Waals surface area contributed by atoms with Crippen LogP contribution in [0.25, 0.3) is 11.0 Å². The normalized spacial score (nSPS) is 11.0. The molecule has 2 aromatic carbocycles. The molecule has 0 saturated heterocycles. The Bertz CT molecular complexity index is 811. The molecule has 0 aliphatic carbocycles. The third kappa shape index (κ3) is 3.09. The Hall–Kier alpha value is -1.84. The van der Waals surface area contributed by atoms with Crippen LogP contribution >= 0.6 is 23.2 Å². The Morgan fingerprint density at radius 2 is 1.95 bits per heavy atom. The summed E-state index contributed by atoms with van der Waals surface area (Å²) < 4.78 is 1.84. The predicted octanol–water partition coefficient (Wildman–Crippen LogP) is 4.15. The van der Waals surface area contributed by atoms with E-state index in [9.17, 15) is 4.79 Å². The van der Waals surface area contributed by atoms with Gasteiger partial charge in [-0.2, -0.15) is 0 Å². The van der Waals surface area contributed by atoms with Gasteiger partial charge >= 0.3 is 0 Å². The highest BCUT2D eigenvalue weighted by molar-refractivity contribution is 6.33. The monoisotopic (exact) mass is 318 g/mol. The molecule has 0 aliphatic heterocycles. The SMILES string of the molecule is O=C(Cc1cc(Cl)ccc1Cl)Cn1cnc2ccccc21. The largest absolute Gasteiger partial charge is 0.323 e. The lowest BCUT2D eigenvalue weighted by atomic mass is 10.1. The van der Waals surface area contributed by atoms with Crippen molar-refractivity contribution < 1.29 is 4.79 Å². The Balaban J connectivity index is 1.79. The topological polar surface area (TPSA) is 34.9 Å². The lowest BCUT2D eigenvalue weighted by molar-refractivity contribution is -0.118. The minimum atomic E-state index is 0.0577. The highest BCUT2D eigenvalue weighted by atomic mass is 35.5. The molecule has 0 N–H and O–H groups in total. The number of aromatic nitrogens is 2. The summed E-state index contributed by atoms with van der Waals surface area (Å²) in [6.07, 6.45) is 1.94. The second-order valence-electron chi connectivity index (χ2n) is 4.81. The molecule has 0 saturated carbocycles. The van der Waals surface area contributed by atoms with Gasteiger partial charge in [0.25, 0.3) is 0 Å². The van der Waals surface area contributed by atoms with Gasteiger partial charge in [-0.25, -0.2) is 4.98 Å². The standard InChI is InChI=1S/C16H12Cl2N2O/c17-12-5-6-14(18)11(7-12)8-13(21)9-20-10-19-15-3-1-2-4-16(15)20/h1-7,10H,8-9H2. The Morgan fingerprint density at radius 1 is 1.14 bits per heavy atom. The van der Waals surface area contributed by atoms with Crippen LogP contribution in [0.1, 0.15) is 5.56 Å². The summed E-state index contributed by atoms with van der Waals surface area (Å²) in [7, 11) is 0. The summed E-state index contributed by atoms with van der Waals surface area (Å²) in [4.78, 5) is 16.5. The summed E-state index contributed by atoms with van der Waals surface area (Å²) in [6, 6.07) is 12.9. The lowest BCUT2D eigenvalue weighted by Crippen LogP contribution is -2.12. The van der Waals surface area contributed by atoms with Crippen LogP contribution in [0, 0.1) is 0 Å². The first-order chi connectivity index (χ1) is 10.1. The predicted molar refractivity (Wildman–Crippen MR) is 84.9 cm³/mol. The highest BCUT2D eigenvalue weighted by Crippen LogP contribution is 2.21. The van der Waals surface area contributed by atoms with E-state index >= 15 is 0 Å². The van der Waals surface area contributed by atoms with E-state index in [1.54, 1.807) is 24.5 Å². The van der Waals surface area contributed by atoms with Crippen molar-refractivity contribution in [3.05, 3.63) is 64.4 Å². The number of carbonyl (C=O) groups is 1. The second kappa shape index (κ2) is 5.88. The second-order valence-corrected chi connectivity index (χ2v) is 5.66. The number of benzene rings is 2. The molecular formula is C16H12Cl2N2O. The van der Waals surface area contributed by atoms with Crippen LogP contribution in [0.15, 0.2) is 48.8 Å².